The Morgan fingerprint density at radius 3 is 2.76 bits per heavy atom. The van der Waals surface area contributed by atoms with E-state index in [1.165, 1.54) is 19.8 Å². The number of carbonyl (C=O) groups excluding carboxylic acids is 1. The summed E-state index contributed by atoms with van der Waals surface area (Å²) in [5.74, 6) is 2.29. The fourth-order valence-electron chi connectivity index (χ4n) is 3.72. The smallest absolute Gasteiger partial charge is 0.246 e. The minimum absolute atomic E-state index is 0.0987. The molecule has 1 amide bonds. The van der Waals surface area contributed by atoms with Gasteiger partial charge in [-0.3, -0.25) is 9.48 Å². The first-order valence-corrected chi connectivity index (χ1v) is 11.6. The van der Waals surface area contributed by atoms with Crippen LogP contribution in [0.1, 0.15) is 32.3 Å². The highest BCUT2D eigenvalue weighted by molar-refractivity contribution is 5.77. The van der Waals surface area contributed by atoms with Gasteiger partial charge < -0.3 is 19.2 Å². The van der Waals surface area contributed by atoms with E-state index in [0.29, 0.717) is 42.1 Å². The van der Waals surface area contributed by atoms with E-state index in [-0.39, 0.29) is 11.9 Å². The van der Waals surface area contributed by atoms with Gasteiger partial charge in [0.1, 0.15) is 23.6 Å². The van der Waals surface area contributed by atoms with Crippen LogP contribution in [0.25, 0.3) is 22.7 Å². The van der Waals surface area contributed by atoms with E-state index < -0.39 is 0 Å². The molecule has 2 aromatic heterocycles. The van der Waals surface area contributed by atoms with Gasteiger partial charge in [-0.1, -0.05) is 30.3 Å². The molecular formula is C26H28N4O4. The zero-order chi connectivity index (χ0) is 23.5. The third-order valence-corrected chi connectivity index (χ3v) is 5.62. The van der Waals surface area contributed by atoms with Crippen LogP contribution in [0.3, 0.4) is 0 Å². The first-order chi connectivity index (χ1) is 16.5. The fourth-order valence-corrected chi connectivity index (χ4v) is 3.72. The van der Waals surface area contributed by atoms with Crippen LogP contribution in [-0.2, 0) is 11.3 Å². The summed E-state index contributed by atoms with van der Waals surface area (Å²) in [6.45, 7) is 4.95. The van der Waals surface area contributed by atoms with Crippen LogP contribution in [0.4, 0.5) is 0 Å². The number of fused-ring (bicyclic) bond motifs is 1. The Balaban J connectivity index is 1.41. The second kappa shape index (κ2) is 9.59. The van der Waals surface area contributed by atoms with Gasteiger partial charge in [-0.2, -0.15) is 0 Å². The molecule has 4 aromatic rings. The van der Waals surface area contributed by atoms with E-state index in [0.717, 1.165) is 23.4 Å². The van der Waals surface area contributed by atoms with Crippen LogP contribution in [-0.4, -0.2) is 39.9 Å². The van der Waals surface area contributed by atoms with Crippen molar-refractivity contribution in [2.24, 2.45) is 5.92 Å². The number of benzene rings is 2. The summed E-state index contributed by atoms with van der Waals surface area (Å²) >= 11 is 0. The van der Waals surface area contributed by atoms with E-state index in [4.69, 9.17) is 18.9 Å². The molecule has 0 radical (unpaired) electrons. The second-order valence-corrected chi connectivity index (χ2v) is 8.83. The molecule has 1 aliphatic rings. The molecule has 34 heavy (non-hydrogen) atoms. The van der Waals surface area contributed by atoms with Crippen molar-refractivity contribution in [3.8, 4) is 23.2 Å². The van der Waals surface area contributed by atoms with Gasteiger partial charge in [0.05, 0.1) is 19.2 Å². The molecule has 1 unspecified atom stereocenters. The van der Waals surface area contributed by atoms with Crippen molar-refractivity contribution in [2.45, 2.75) is 39.3 Å². The normalized spacial score (nSPS) is 14.2. The molecule has 2 aromatic carbocycles. The Labute approximate surface area is 197 Å². The monoisotopic (exact) mass is 460 g/mol. The first-order valence-electron chi connectivity index (χ1n) is 11.6. The van der Waals surface area contributed by atoms with Crippen LogP contribution in [0.15, 0.2) is 59.0 Å². The van der Waals surface area contributed by atoms with Crippen LogP contribution in [0.5, 0.6) is 11.6 Å². The molecule has 8 nitrogen and oxygen atoms in total. The molecular weight excluding hydrogens is 432 g/mol. The van der Waals surface area contributed by atoms with E-state index in [1.54, 1.807) is 0 Å². The van der Waals surface area contributed by atoms with Gasteiger partial charge >= 0.3 is 0 Å². The second-order valence-electron chi connectivity index (χ2n) is 8.83. The van der Waals surface area contributed by atoms with E-state index in [1.807, 2.05) is 66.2 Å². The molecule has 0 bridgehead atoms. The fraction of sp³-hybridized carbons (Fsp3) is 0.346. The molecule has 1 N–H and O–H groups in total. The quantitative estimate of drug-likeness (QED) is 0.376. The number of oxazole rings is 1. The molecule has 5 rings (SSSR count). The summed E-state index contributed by atoms with van der Waals surface area (Å²) in [6.07, 6.45) is 2.49. The van der Waals surface area contributed by atoms with E-state index >= 15 is 0 Å². The molecule has 8 heteroatoms. The van der Waals surface area contributed by atoms with Gasteiger partial charge in [-0.25, -0.2) is 4.98 Å². The highest BCUT2D eigenvalue weighted by atomic mass is 16.5. The predicted molar refractivity (Wildman–Crippen MR) is 128 cm³/mol. The minimum Gasteiger partial charge on any atom is -0.493 e. The van der Waals surface area contributed by atoms with Gasteiger partial charge in [0.2, 0.25) is 17.7 Å². The molecule has 176 valence electrons. The average Bonchev–Trinajstić information content (AvgIpc) is 3.42. The molecule has 1 fully saturated rings. The molecule has 0 saturated heterocycles. The van der Waals surface area contributed by atoms with E-state index in [9.17, 15) is 4.79 Å². The SMILES string of the molecule is CC(=O)NC(C)COc1cc(-c2nc3cc(OCC4CC4)ccc3o2)n(Cc2ccccc2)n1. The van der Waals surface area contributed by atoms with E-state index in [2.05, 4.69) is 10.4 Å². The number of amides is 1. The Morgan fingerprint density at radius 2 is 2.00 bits per heavy atom. The van der Waals surface area contributed by atoms with Crippen LogP contribution in [0.2, 0.25) is 0 Å². The van der Waals surface area contributed by atoms with Crippen LogP contribution < -0.4 is 14.8 Å². The topological polar surface area (TPSA) is 91.4 Å². The van der Waals surface area contributed by atoms with Crippen molar-refractivity contribution in [1.29, 1.82) is 0 Å². The van der Waals surface area contributed by atoms with Gasteiger partial charge in [-0.15, -0.1) is 5.10 Å². The Morgan fingerprint density at radius 1 is 1.18 bits per heavy atom. The number of nitrogens with one attached hydrogen (secondary N) is 1. The van der Waals surface area contributed by atoms with Crippen molar-refractivity contribution in [3.05, 3.63) is 60.2 Å². The zero-order valence-corrected chi connectivity index (χ0v) is 19.4. The van der Waals surface area contributed by atoms with Gasteiger partial charge in [0.25, 0.3) is 0 Å². The van der Waals surface area contributed by atoms with Gasteiger partial charge in [0.15, 0.2) is 5.58 Å². The van der Waals surface area contributed by atoms with Crippen molar-refractivity contribution < 1.29 is 18.7 Å². The summed E-state index contributed by atoms with van der Waals surface area (Å²) in [5.41, 5.74) is 3.22. The minimum atomic E-state index is -0.140. The lowest BCUT2D eigenvalue weighted by Gasteiger charge is -2.12. The molecule has 0 aliphatic heterocycles. The lowest BCUT2D eigenvalue weighted by molar-refractivity contribution is -0.119. The maximum absolute atomic E-state index is 11.3. The molecule has 1 saturated carbocycles. The third-order valence-electron chi connectivity index (χ3n) is 5.62. The predicted octanol–water partition coefficient (Wildman–Crippen LogP) is 4.43. The maximum atomic E-state index is 11.3. The summed E-state index contributed by atoms with van der Waals surface area (Å²) in [7, 11) is 0. The zero-order valence-electron chi connectivity index (χ0n) is 19.4. The largest absolute Gasteiger partial charge is 0.493 e. The average molecular weight is 461 g/mol. The van der Waals surface area contributed by atoms with Crippen molar-refractivity contribution in [2.75, 3.05) is 13.2 Å². The van der Waals surface area contributed by atoms with Crippen molar-refractivity contribution >= 4 is 17.0 Å². The Kier molecular flexibility index (Phi) is 6.20. The standard InChI is InChI=1S/C26H28N4O4/c1-17(27-18(2)31)15-33-25-13-23(30(29-25)14-19-6-4-3-5-7-19)26-28-22-12-21(10-11-24(22)34-26)32-16-20-8-9-20/h3-7,10-13,17,20H,8-9,14-16H2,1-2H3,(H,27,31). The highest BCUT2D eigenvalue weighted by Crippen LogP contribution is 2.32. The summed E-state index contributed by atoms with van der Waals surface area (Å²) in [4.78, 5) is 16.0. The molecule has 2 heterocycles. The van der Waals surface area contributed by atoms with Crippen LogP contribution >= 0.6 is 0 Å². The number of hydrogen-bond acceptors (Lipinski definition) is 6. The van der Waals surface area contributed by atoms with Gasteiger partial charge in [0, 0.05) is 19.1 Å². The number of hydrogen-bond donors (Lipinski definition) is 1. The van der Waals surface area contributed by atoms with Crippen LogP contribution in [0, 0.1) is 5.92 Å². The number of aromatic nitrogens is 3. The van der Waals surface area contributed by atoms with Crippen molar-refractivity contribution in [1.82, 2.24) is 20.1 Å². The number of nitrogens with zero attached hydrogens (tertiary/aromatic N) is 3. The lowest BCUT2D eigenvalue weighted by atomic mass is 10.2. The molecule has 0 spiro atoms. The first kappa shape index (κ1) is 22.0. The third kappa shape index (κ3) is 5.39. The van der Waals surface area contributed by atoms with Crippen molar-refractivity contribution in [3.63, 3.8) is 0 Å². The maximum Gasteiger partial charge on any atom is 0.246 e. The van der Waals surface area contributed by atoms with Gasteiger partial charge in [-0.05, 0) is 43.4 Å². The number of ether oxygens (including phenoxy) is 2. The summed E-state index contributed by atoms with van der Waals surface area (Å²) < 4.78 is 19.7. The number of rotatable bonds is 10. The number of carbonyl (C=O) groups is 1. The Bertz CT molecular complexity index is 1280. The summed E-state index contributed by atoms with van der Waals surface area (Å²) in [5, 5.41) is 7.44. The molecule has 1 aliphatic carbocycles. The lowest BCUT2D eigenvalue weighted by Crippen LogP contribution is -2.35. The summed E-state index contributed by atoms with van der Waals surface area (Å²) in [6, 6.07) is 17.4. The molecule has 1 atom stereocenters. The Hall–Kier alpha value is -3.81. The highest BCUT2D eigenvalue weighted by Gasteiger charge is 2.22.